The van der Waals surface area contributed by atoms with E-state index in [1.807, 2.05) is 12.1 Å². The highest BCUT2D eigenvalue weighted by atomic mass is 16.5. The van der Waals surface area contributed by atoms with Gasteiger partial charge in [-0.1, -0.05) is 19.9 Å². The molecular weight excluding hydrogens is 240 g/mol. The normalized spacial score (nSPS) is 12.5. The maximum atomic E-state index is 5.49. The van der Waals surface area contributed by atoms with E-state index in [4.69, 9.17) is 9.47 Å². The Labute approximate surface area is 116 Å². The number of hydrogen-bond acceptors (Lipinski definition) is 4. The minimum absolute atomic E-state index is 0.260. The average Bonchev–Trinajstić information content (AvgIpc) is 2.45. The second-order valence-electron chi connectivity index (χ2n) is 4.57. The van der Waals surface area contributed by atoms with Crippen LogP contribution in [0.15, 0.2) is 18.2 Å². The summed E-state index contributed by atoms with van der Waals surface area (Å²) in [5, 5.41) is 3.51. The number of rotatable bonds is 8. The highest BCUT2D eigenvalue weighted by Crippen LogP contribution is 2.29. The lowest BCUT2D eigenvalue weighted by molar-refractivity contribution is 0.299. The van der Waals surface area contributed by atoms with Gasteiger partial charge in [0.1, 0.15) is 11.5 Å². The van der Waals surface area contributed by atoms with Gasteiger partial charge in [-0.2, -0.15) is 0 Å². The van der Waals surface area contributed by atoms with Gasteiger partial charge in [0.2, 0.25) is 0 Å². The quantitative estimate of drug-likeness (QED) is 0.783. The van der Waals surface area contributed by atoms with Crippen LogP contribution in [-0.4, -0.2) is 45.8 Å². The van der Waals surface area contributed by atoms with Crippen LogP contribution < -0.4 is 14.8 Å². The number of likely N-dealkylation sites (N-methyl/N-ethyl adjacent to an activating group) is 2. The molecule has 1 atom stereocenters. The number of nitrogens with one attached hydrogen (secondary N) is 1. The van der Waals surface area contributed by atoms with E-state index in [0.717, 1.165) is 31.1 Å². The zero-order valence-electron chi connectivity index (χ0n) is 12.7. The Hall–Kier alpha value is -1.26. The van der Waals surface area contributed by atoms with Crippen molar-refractivity contribution in [3.8, 4) is 11.5 Å². The monoisotopic (exact) mass is 266 g/mol. The van der Waals surface area contributed by atoms with Crippen LogP contribution in [0.3, 0.4) is 0 Å². The number of hydrogen-bond donors (Lipinski definition) is 1. The summed E-state index contributed by atoms with van der Waals surface area (Å²) in [5.74, 6) is 1.69. The molecule has 0 bridgehead atoms. The van der Waals surface area contributed by atoms with Crippen LogP contribution in [0.5, 0.6) is 11.5 Å². The van der Waals surface area contributed by atoms with E-state index in [-0.39, 0.29) is 6.04 Å². The Morgan fingerprint density at radius 1 is 1.21 bits per heavy atom. The molecule has 1 rings (SSSR count). The fourth-order valence-electron chi connectivity index (χ4n) is 2.07. The third-order valence-electron chi connectivity index (χ3n) is 3.30. The molecule has 1 aromatic rings. The number of methoxy groups -OCH3 is 2. The first-order valence-corrected chi connectivity index (χ1v) is 6.80. The van der Waals surface area contributed by atoms with E-state index in [2.05, 4.69) is 37.2 Å². The first-order valence-electron chi connectivity index (χ1n) is 6.80. The molecule has 0 saturated carbocycles. The molecule has 1 unspecified atom stereocenters. The van der Waals surface area contributed by atoms with Crippen LogP contribution in [0.2, 0.25) is 0 Å². The summed E-state index contributed by atoms with van der Waals surface area (Å²) in [6.45, 7) is 7.19. The van der Waals surface area contributed by atoms with Gasteiger partial charge in [0, 0.05) is 24.2 Å². The fraction of sp³-hybridized carbons (Fsp3) is 0.600. The van der Waals surface area contributed by atoms with E-state index in [9.17, 15) is 0 Å². The number of ether oxygens (including phenoxy) is 2. The Kier molecular flexibility index (Phi) is 6.67. The molecule has 0 aromatic heterocycles. The summed E-state index contributed by atoms with van der Waals surface area (Å²) < 4.78 is 10.7. The molecule has 0 spiro atoms. The summed E-state index contributed by atoms with van der Waals surface area (Å²) in [7, 11) is 5.49. The molecule has 0 heterocycles. The first-order chi connectivity index (χ1) is 9.15. The van der Waals surface area contributed by atoms with Crippen molar-refractivity contribution in [3.63, 3.8) is 0 Å². The smallest absolute Gasteiger partial charge is 0.127 e. The number of benzene rings is 1. The lowest BCUT2D eigenvalue weighted by Crippen LogP contribution is -2.33. The zero-order valence-corrected chi connectivity index (χ0v) is 12.7. The summed E-state index contributed by atoms with van der Waals surface area (Å²) in [6, 6.07) is 6.25. The lowest BCUT2D eigenvalue weighted by atomic mass is 10.0. The summed E-state index contributed by atoms with van der Waals surface area (Å²) >= 11 is 0. The predicted molar refractivity (Wildman–Crippen MR) is 79.1 cm³/mol. The highest BCUT2D eigenvalue weighted by molar-refractivity contribution is 5.42. The van der Waals surface area contributed by atoms with Crippen LogP contribution in [0.4, 0.5) is 0 Å². The molecule has 1 N–H and O–H groups in total. The third-order valence-corrected chi connectivity index (χ3v) is 3.30. The lowest BCUT2D eigenvalue weighted by Gasteiger charge is -2.25. The molecule has 0 saturated heterocycles. The molecule has 0 amide bonds. The molecule has 4 heteroatoms. The van der Waals surface area contributed by atoms with Crippen LogP contribution in [0, 0.1) is 0 Å². The number of nitrogens with zero attached hydrogens (tertiary/aromatic N) is 1. The third kappa shape index (κ3) is 4.40. The van der Waals surface area contributed by atoms with Crippen LogP contribution in [-0.2, 0) is 0 Å². The van der Waals surface area contributed by atoms with E-state index in [1.165, 1.54) is 5.56 Å². The maximum Gasteiger partial charge on any atom is 0.127 e. The Morgan fingerprint density at radius 2 is 1.95 bits per heavy atom. The minimum Gasteiger partial charge on any atom is -0.497 e. The average molecular weight is 266 g/mol. The van der Waals surface area contributed by atoms with E-state index >= 15 is 0 Å². The fourth-order valence-corrected chi connectivity index (χ4v) is 2.07. The molecule has 0 radical (unpaired) electrons. The van der Waals surface area contributed by atoms with E-state index in [0.29, 0.717) is 0 Å². The Balaban J connectivity index is 3.00. The molecule has 0 aliphatic heterocycles. The van der Waals surface area contributed by atoms with Crippen molar-refractivity contribution in [2.45, 2.75) is 19.9 Å². The van der Waals surface area contributed by atoms with Gasteiger partial charge in [0.25, 0.3) is 0 Å². The SMILES string of the molecule is CCNC(CN(C)CC)c1ccc(OC)cc1OC. The van der Waals surface area contributed by atoms with Crippen LogP contribution in [0.1, 0.15) is 25.5 Å². The largest absolute Gasteiger partial charge is 0.497 e. The second-order valence-corrected chi connectivity index (χ2v) is 4.57. The summed E-state index contributed by atoms with van der Waals surface area (Å²) in [6.07, 6.45) is 0. The standard InChI is InChI=1S/C15H26N2O2/c1-6-16-14(11-17(3)7-2)13-9-8-12(18-4)10-15(13)19-5/h8-10,14,16H,6-7,11H2,1-5H3. The van der Waals surface area contributed by atoms with Gasteiger partial charge < -0.3 is 19.7 Å². The van der Waals surface area contributed by atoms with Crippen molar-refractivity contribution < 1.29 is 9.47 Å². The molecule has 1 aromatic carbocycles. The molecule has 4 nitrogen and oxygen atoms in total. The van der Waals surface area contributed by atoms with Crippen molar-refractivity contribution in [1.82, 2.24) is 10.2 Å². The Morgan fingerprint density at radius 3 is 2.47 bits per heavy atom. The van der Waals surface area contributed by atoms with Crippen molar-refractivity contribution in [3.05, 3.63) is 23.8 Å². The van der Waals surface area contributed by atoms with Crippen molar-refractivity contribution >= 4 is 0 Å². The van der Waals surface area contributed by atoms with E-state index in [1.54, 1.807) is 14.2 Å². The molecule has 108 valence electrons. The van der Waals surface area contributed by atoms with Crippen molar-refractivity contribution in [2.24, 2.45) is 0 Å². The molecule has 0 aliphatic carbocycles. The zero-order chi connectivity index (χ0) is 14.3. The molecule has 0 aliphatic rings. The van der Waals surface area contributed by atoms with Crippen molar-refractivity contribution in [2.75, 3.05) is 40.9 Å². The van der Waals surface area contributed by atoms with Crippen LogP contribution in [0.25, 0.3) is 0 Å². The topological polar surface area (TPSA) is 33.7 Å². The van der Waals surface area contributed by atoms with Crippen molar-refractivity contribution in [1.29, 1.82) is 0 Å². The summed E-state index contributed by atoms with van der Waals surface area (Å²) in [4.78, 5) is 2.29. The first kappa shape index (κ1) is 15.8. The van der Waals surface area contributed by atoms with Gasteiger partial charge in [-0.05, 0) is 26.2 Å². The molecule has 0 fully saturated rings. The predicted octanol–water partition coefficient (Wildman–Crippen LogP) is 2.31. The van der Waals surface area contributed by atoms with Gasteiger partial charge in [0.05, 0.1) is 14.2 Å². The summed E-state index contributed by atoms with van der Waals surface area (Å²) in [5.41, 5.74) is 1.17. The van der Waals surface area contributed by atoms with Gasteiger partial charge in [0.15, 0.2) is 0 Å². The minimum atomic E-state index is 0.260. The second kappa shape index (κ2) is 8.02. The van der Waals surface area contributed by atoms with E-state index < -0.39 is 0 Å². The van der Waals surface area contributed by atoms with Gasteiger partial charge in [-0.15, -0.1) is 0 Å². The van der Waals surface area contributed by atoms with Gasteiger partial charge in [-0.25, -0.2) is 0 Å². The van der Waals surface area contributed by atoms with Gasteiger partial charge in [-0.3, -0.25) is 0 Å². The van der Waals surface area contributed by atoms with Gasteiger partial charge >= 0.3 is 0 Å². The molecular formula is C15H26N2O2. The van der Waals surface area contributed by atoms with Crippen LogP contribution >= 0.6 is 0 Å². The maximum absolute atomic E-state index is 5.49. The molecule has 19 heavy (non-hydrogen) atoms. The highest BCUT2D eigenvalue weighted by Gasteiger charge is 2.17. The Bertz CT molecular complexity index is 382.